The number of hydrogen-bond acceptors (Lipinski definition) is 4. The van der Waals surface area contributed by atoms with Crippen LogP contribution in [0.25, 0.3) is 0 Å². The van der Waals surface area contributed by atoms with E-state index in [1.165, 1.54) is 103 Å². The van der Waals surface area contributed by atoms with Gasteiger partial charge in [0.05, 0.1) is 13.2 Å². The Kier molecular flexibility index (Phi) is 21.8. The minimum atomic E-state index is -0.582. The number of amides is 1. The Bertz CT molecular complexity index is 326. The molecule has 0 fully saturated rings. The maximum atomic E-state index is 11.1. The molecule has 0 aromatic heterocycles. The van der Waals surface area contributed by atoms with Gasteiger partial charge in [-0.3, -0.25) is 0 Å². The summed E-state index contributed by atoms with van der Waals surface area (Å²) in [4.78, 5) is 11.1. The summed E-state index contributed by atoms with van der Waals surface area (Å²) in [5.74, 6) is 0. The molecule has 0 radical (unpaired) electrons. The molecule has 0 saturated heterocycles. The Morgan fingerprint density at radius 3 is 1.61 bits per heavy atom. The normalized spacial score (nSPS) is 12.1. The quantitative estimate of drug-likeness (QED) is 0.232. The van der Waals surface area contributed by atoms with E-state index in [1.54, 1.807) is 0 Å². The third-order valence-electron chi connectivity index (χ3n) is 5.13. The van der Waals surface area contributed by atoms with Crippen LogP contribution in [0.15, 0.2) is 0 Å². The van der Waals surface area contributed by atoms with Gasteiger partial charge in [-0.25, -0.2) is 4.79 Å². The predicted molar refractivity (Wildman–Crippen MR) is 117 cm³/mol. The van der Waals surface area contributed by atoms with Crippen molar-refractivity contribution in [2.75, 3.05) is 26.9 Å². The first-order valence-electron chi connectivity index (χ1n) is 11.8. The average molecular weight is 402 g/mol. The van der Waals surface area contributed by atoms with E-state index < -0.39 is 12.2 Å². The van der Waals surface area contributed by atoms with Crippen molar-refractivity contribution < 1.29 is 19.4 Å². The van der Waals surface area contributed by atoms with Crippen molar-refractivity contribution >= 4 is 6.09 Å². The fourth-order valence-electron chi connectivity index (χ4n) is 3.30. The Morgan fingerprint density at radius 1 is 0.786 bits per heavy atom. The molecule has 0 saturated carbocycles. The highest BCUT2D eigenvalue weighted by atomic mass is 16.6. The van der Waals surface area contributed by atoms with Crippen LogP contribution in [0.3, 0.4) is 0 Å². The number of unbranched alkanes of at least 4 members (excludes halogenated alkanes) is 15. The minimum Gasteiger partial charge on any atom is -0.441 e. The third-order valence-corrected chi connectivity index (χ3v) is 5.13. The zero-order valence-electron chi connectivity index (χ0n) is 18.7. The smallest absolute Gasteiger partial charge is 0.407 e. The number of carbonyl (C=O) groups is 1. The van der Waals surface area contributed by atoms with Crippen molar-refractivity contribution in [3.05, 3.63) is 0 Å². The van der Waals surface area contributed by atoms with E-state index in [2.05, 4.69) is 12.2 Å². The molecule has 0 spiro atoms. The van der Waals surface area contributed by atoms with E-state index >= 15 is 0 Å². The number of nitrogens with one attached hydrogen (secondary N) is 1. The molecule has 0 bridgehead atoms. The van der Waals surface area contributed by atoms with Crippen LogP contribution in [0.5, 0.6) is 0 Å². The molecule has 0 aromatic carbocycles. The van der Waals surface area contributed by atoms with Crippen LogP contribution in [-0.4, -0.2) is 44.2 Å². The van der Waals surface area contributed by atoms with Crippen LogP contribution in [0.4, 0.5) is 4.79 Å². The molecule has 168 valence electrons. The summed E-state index contributed by atoms with van der Waals surface area (Å²) in [5, 5.41) is 11.5. The highest BCUT2D eigenvalue weighted by Crippen LogP contribution is 2.13. The number of alkyl carbamates (subject to hydrolysis) is 1. The fourth-order valence-corrected chi connectivity index (χ4v) is 3.30. The molecule has 0 aliphatic rings. The maximum absolute atomic E-state index is 11.1. The van der Waals surface area contributed by atoms with E-state index in [9.17, 15) is 4.79 Å². The zero-order valence-corrected chi connectivity index (χ0v) is 18.7. The van der Waals surface area contributed by atoms with Gasteiger partial charge in [-0.05, 0) is 6.42 Å². The summed E-state index contributed by atoms with van der Waals surface area (Å²) in [6.07, 6.45) is 20.5. The third kappa shape index (κ3) is 19.9. The molecular formula is C23H47NO4. The standard InChI is InChI=1S/C23H47NO4/c1-3-4-5-6-7-8-9-10-11-12-13-14-15-16-17-18-19-27-21-22(20-25)28-23(26)24-2/h22,25H,3-21H2,1-2H3,(H,24,26). The highest BCUT2D eigenvalue weighted by molar-refractivity contribution is 5.66. The molecule has 0 aromatic rings. The van der Waals surface area contributed by atoms with Crippen LogP contribution in [0, 0.1) is 0 Å². The van der Waals surface area contributed by atoms with Gasteiger partial charge in [0.25, 0.3) is 0 Å². The Morgan fingerprint density at radius 2 is 1.21 bits per heavy atom. The SMILES string of the molecule is CCCCCCCCCCCCCCCCCCOCC(CO)OC(=O)NC. The lowest BCUT2D eigenvalue weighted by Gasteiger charge is -2.15. The van der Waals surface area contributed by atoms with E-state index in [1.807, 2.05) is 0 Å². The molecule has 1 amide bonds. The van der Waals surface area contributed by atoms with Crippen molar-refractivity contribution in [3.8, 4) is 0 Å². The monoisotopic (exact) mass is 401 g/mol. The number of hydrogen-bond donors (Lipinski definition) is 2. The molecule has 0 aliphatic heterocycles. The molecule has 2 N–H and O–H groups in total. The molecule has 1 unspecified atom stereocenters. The molecule has 0 heterocycles. The van der Waals surface area contributed by atoms with Crippen molar-refractivity contribution in [1.29, 1.82) is 0 Å². The Balaban J connectivity index is 3.18. The van der Waals surface area contributed by atoms with Crippen molar-refractivity contribution in [1.82, 2.24) is 5.32 Å². The van der Waals surface area contributed by atoms with Gasteiger partial charge in [-0.2, -0.15) is 0 Å². The van der Waals surface area contributed by atoms with Gasteiger partial charge in [0, 0.05) is 13.7 Å². The first-order chi connectivity index (χ1) is 13.7. The Labute approximate surface area is 174 Å². The number of carbonyl (C=O) groups excluding carboxylic acids is 1. The van der Waals surface area contributed by atoms with E-state index in [-0.39, 0.29) is 13.2 Å². The van der Waals surface area contributed by atoms with Gasteiger partial charge in [0.1, 0.15) is 6.10 Å². The lowest BCUT2D eigenvalue weighted by molar-refractivity contribution is -0.00703. The summed E-state index contributed by atoms with van der Waals surface area (Å²) in [6.45, 7) is 2.97. The van der Waals surface area contributed by atoms with E-state index in [4.69, 9.17) is 14.6 Å². The summed E-state index contributed by atoms with van der Waals surface area (Å²) < 4.78 is 10.4. The van der Waals surface area contributed by atoms with Gasteiger partial charge in [0.15, 0.2) is 0 Å². The van der Waals surface area contributed by atoms with Gasteiger partial charge in [-0.15, -0.1) is 0 Å². The molecule has 5 heteroatoms. The molecule has 0 rings (SSSR count). The lowest BCUT2D eigenvalue weighted by Crippen LogP contribution is -2.31. The Hall–Kier alpha value is -0.810. The number of rotatable bonds is 21. The molecule has 28 heavy (non-hydrogen) atoms. The molecule has 0 aliphatic carbocycles. The second-order valence-electron chi connectivity index (χ2n) is 7.84. The van der Waals surface area contributed by atoms with Crippen molar-refractivity contribution in [3.63, 3.8) is 0 Å². The number of ether oxygens (including phenoxy) is 2. The summed E-state index contributed by atoms with van der Waals surface area (Å²) in [6, 6.07) is 0. The highest BCUT2D eigenvalue weighted by Gasteiger charge is 2.12. The topological polar surface area (TPSA) is 67.8 Å². The summed E-state index contributed by atoms with van der Waals surface area (Å²) in [7, 11) is 1.49. The molecule has 5 nitrogen and oxygen atoms in total. The first kappa shape index (κ1) is 27.2. The van der Waals surface area contributed by atoms with Crippen LogP contribution in [-0.2, 0) is 9.47 Å². The van der Waals surface area contributed by atoms with E-state index in [0.717, 1.165) is 6.42 Å². The van der Waals surface area contributed by atoms with Crippen LogP contribution in [0.1, 0.15) is 110 Å². The second-order valence-corrected chi connectivity index (χ2v) is 7.84. The lowest BCUT2D eigenvalue weighted by atomic mass is 10.0. The van der Waals surface area contributed by atoms with Gasteiger partial charge >= 0.3 is 6.09 Å². The molecule has 1 atom stereocenters. The van der Waals surface area contributed by atoms with E-state index in [0.29, 0.717) is 6.61 Å². The van der Waals surface area contributed by atoms with Gasteiger partial charge in [-0.1, -0.05) is 103 Å². The minimum absolute atomic E-state index is 0.216. The summed E-state index contributed by atoms with van der Waals surface area (Å²) >= 11 is 0. The predicted octanol–water partition coefficient (Wildman–Crippen LogP) is 5.98. The molecular weight excluding hydrogens is 354 g/mol. The van der Waals surface area contributed by atoms with Gasteiger partial charge in [0.2, 0.25) is 0 Å². The summed E-state index contributed by atoms with van der Waals surface area (Å²) in [5.41, 5.74) is 0. The first-order valence-corrected chi connectivity index (χ1v) is 11.8. The largest absolute Gasteiger partial charge is 0.441 e. The van der Waals surface area contributed by atoms with Crippen LogP contribution >= 0.6 is 0 Å². The maximum Gasteiger partial charge on any atom is 0.407 e. The number of aliphatic hydroxyl groups excluding tert-OH is 1. The van der Waals surface area contributed by atoms with Crippen molar-refractivity contribution in [2.24, 2.45) is 0 Å². The zero-order chi connectivity index (χ0) is 20.7. The van der Waals surface area contributed by atoms with Crippen molar-refractivity contribution in [2.45, 2.75) is 116 Å². The number of aliphatic hydroxyl groups is 1. The average Bonchev–Trinajstić information content (AvgIpc) is 2.71. The second kappa shape index (κ2) is 22.5. The van der Waals surface area contributed by atoms with Crippen LogP contribution in [0.2, 0.25) is 0 Å². The van der Waals surface area contributed by atoms with Gasteiger partial charge < -0.3 is 19.9 Å². The van der Waals surface area contributed by atoms with Crippen LogP contribution < -0.4 is 5.32 Å². The fraction of sp³-hybridized carbons (Fsp3) is 0.957.